The van der Waals surface area contributed by atoms with Crippen LogP contribution in [-0.2, 0) is 0 Å². The third kappa shape index (κ3) is 3.51. The molecule has 0 spiro atoms. The number of fused-ring (bicyclic) bond motifs is 1. The molecule has 2 nitrogen and oxygen atoms in total. The minimum absolute atomic E-state index is 0.345. The molecule has 1 aliphatic rings. The Kier molecular flexibility index (Phi) is 5.02. The zero-order chi connectivity index (χ0) is 14.7. The van der Waals surface area contributed by atoms with Crippen LogP contribution in [0.3, 0.4) is 0 Å². The Labute approximate surface area is 135 Å². The highest BCUT2D eigenvalue weighted by Crippen LogP contribution is 2.35. The van der Waals surface area contributed by atoms with Crippen molar-refractivity contribution in [2.75, 3.05) is 6.54 Å². The molecule has 1 aliphatic carbocycles. The molecular formula is C18H24BrNO. The van der Waals surface area contributed by atoms with Crippen LogP contribution >= 0.6 is 15.9 Å². The summed E-state index contributed by atoms with van der Waals surface area (Å²) in [7, 11) is 0. The van der Waals surface area contributed by atoms with Gasteiger partial charge in [-0.1, -0.05) is 51.2 Å². The average Bonchev–Trinajstić information content (AvgIpc) is 2.93. The van der Waals surface area contributed by atoms with Crippen molar-refractivity contribution >= 4 is 26.9 Å². The smallest absolute Gasteiger partial charge is 0.148 e. The van der Waals surface area contributed by atoms with E-state index in [-0.39, 0.29) is 0 Å². The third-order valence-electron chi connectivity index (χ3n) is 4.60. The largest absolute Gasteiger partial charge is 0.458 e. The maximum atomic E-state index is 6.15. The predicted molar refractivity (Wildman–Crippen MR) is 91.5 cm³/mol. The molecule has 0 radical (unpaired) electrons. The zero-order valence-corrected chi connectivity index (χ0v) is 14.3. The maximum Gasteiger partial charge on any atom is 0.148 e. The van der Waals surface area contributed by atoms with E-state index in [0.717, 1.165) is 28.3 Å². The van der Waals surface area contributed by atoms with Gasteiger partial charge in [0, 0.05) is 5.39 Å². The van der Waals surface area contributed by atoms with Crippen molar-refractivity contribution in [3.05, 3.63) is 34.5 Å². The van der Waals surface area contributed by atoms with Gasteiger partial charge in [-0.3, -0.25) is 0 Å². The van der Waals surface area contributed by atoms with Crippen LogP contribution in [-0.4, -0.2) is 6.54 Å². The fourth-order valence-corrected chi connectivity index (χ4v) is 3.98. The summed E-state index contributed by atoms with van der Waals surface area (Å²) in [5.41, 5.74) is 0.971. The molecule has 3 heteroatoms. The van der Waals surface area contributed by atoms with E-state index in [9.17, 15) is 0 Å². The van der Waals surface area contributed by atoms with Gasteiger partial charge in [0.05, 0.1) is 10.5 Å². The zero-order valence-electron chi connectivity index (χ0n) is 12.7. The van der Waals surface area contributed by atoms with Gasteiger partial charge in [0.2, 0.25) is 0 Å². The van der Waals surface area contributed by atoms with Crippen molar-refractivity contribution in [3.8, 4) is 0 Å². The molecule has 1 N–H and O–H groups in total. The number of nitrogens with one attached hydrogen (secondary N) is 1. The molecule has 0 aliphatic heterocycles. The normalized spacial score (nSPS) is 18.2. The van der Waals surface area contributed by atoms with E-state index >= 15 is 0 Å². The summed E-state index contributed by atoms with van der Waals surface area (Å²) >= 11 is 3.58. The van der Waals surface area contributed by atoms with Crippen LogP contribution in [0.2, 0.25) is 0 Å². The van der Waals surface area contributed by atoms with E-state index in [4.69, 9.17) is 4.42 Å². The predicted octanol–water partition coefficient (Wildman–Crippen LogP) is 5.82. The van der Waals surface area contributed by atoms with Crippen molar-refractivity contribution in [3.63, 3.8) is 0 Å². The van der Waals surface area contributed by atoms with Crippen molar-refractivity contribution in [1.82, 2.24) is 5.32 Å². The van der Waals surface area contributed by atoms with Crippen molar-refractivity contribution in [2.24, 2.45) is 5.92 Å². The number of rotatable bonds is 5. The first-order valence-corrected chi connectivity index (χ1v) is 8.98. The number of halogens is 1. The Morgan fingerprint density at radius 3 is 2.81 bits per heavy atom. The minimum atomic E-state index is 0.345. The fourth-order valence-electron chi connectivity index (χ4n) is 3.52. The number of furan rings is 1. The van der Waals surface area contributed by atoms with E-state index < -0.39 is 0 Å². The topological polar surface area (TPSA) is 25.2 Å². The number of hydrogen-bond acceptors (Lipinski definition) is 2. The molecule has 3 rings (SSSR count). The Morgan fingerprint density at radius 1 is 1.29 bits per heavy atom. The first-order chi connectivity index (χ1) is 10.3. The SMILES string of the molecule is CCNC(CC1CCCCC1)c1cc2cccc(Br)c2o1. The van der Waals surface area contributed by atoms with Crippen molar-refractivity contribution < 1.29 is 4.42 Å². The Bertz CT molecular complexity index is 586. The summed E-state index contributed by atoms with van der Waals surface area (Å²) in [4.78, 5) is 0. The molecule has 1 unspecified atom stereocenters. The molecule has 1 fully saturated rings. The second-order valence-electron chi connectivity index (χ2n) is 6.16. The molecule has 1 aromatic heterocycles. The van der Waals surface area contributed by atoms with Crippen molar-refractivity contribution in [2.45, 2.75) is 51.5 Å². The Balaban J connectivity index is 1.82. The van der Waals surface area contributed by atoms with Crippen molar-refractivity contribution in [1.29, 1.82) is 0 Å². The number of benzene rings is 1. The average molecular weight is 350 g/mol. The third-order valence-corrected chi connectivity index (χ3v) is 5.23. The van der Waals surface area contributed by atoms with Crippen LogP contribution in [0, 0.1) is 5.92 Å². The highest BCUT2D eigenvalue weighted by molar-refractivity contribution is 9.10. The highest BCUT2D eigenvalue weighted by atomic mass is 79.9. The monoisotopic (exact) mass is 349 g/mol. The number of para-hydroxylation sites is 1. The molecular weight excluding hydrogens is 326 g/mol. The highest BCUT2D eigenvalue weighted by Gasteiger charge is 2.22. The minimum Gasteiger partial charge on any atom is -0.458 e. The van der Waals surface area contributed by atoms with Crippen LogP contribution < -0.4 is 5.32 Å². The molecule has 1 saturated carbocycles. The lowest BCUT2D eigenvalue weighted by atomic mass is 9.84. The second-order valence-corrected chi connectivity index (χ2v) is 7.01. The van der Waals surface area contributed by atoms with E-state index in [1.165, 1.54) is 43.9 Å². The van der Waals surface area contributed by atoms with E-state index in [0.29, 0.717) is 6.04 Å². The molecule has 21 heavy (non-hydrogen) atoms. The molecule has 1 heterocycles. The fraction of sp³-hybridized carbons (Fsp3) is 0.556. The summed E-state index contributed by atoms with van der Waals surface area (Å²) in [6, 6.07) is 8.78. The van der Waals surface area contributed by atoms with Crippen LogP contribution in [0.1, 0.15) is 57.3 Å². The molecule has 0 bridgehead atoms. The first kappa shape index (κ1) is 15.1. The van der Waals surface area contributed by atoms with Crippen LogP contribution in [0.15, 0.2) is 33.2 Å². The van der Waals surface area contributed by atoms with E-state index in [1.807, 2.05) is 6.07 Å². The van der Waals surface area contributed by atoms with Gasteiger partial charge in [0.15, 0.2) is 0 Å². The molecule has 0 amide bonds. The van der Waals surface area contributed by atoms with Crippen LogP contribution in [0.4, 0.5) is 0 Å². The Hall–Kier alpha value is -0.800. The lowest BCUT2D eigenvalue weighted by Crippen LogP contribution is -2.24. The lowest BCUT2D eigenvalue weighted by molar-refractivity contribution is 0.285. The second kappa shape index (κ2) is 6.97. The van der Waals surface area contributed by atoms with Gasteiger partial charge >= 0.3 is 0 Å². The van der Waals surface area contributed by atoms with Gasteiger partial charge in [-0.25, -0.2) is 0 Å². The van der Waals surface area contributed by atoms with E-state index in [1.54, 1.807) is 0 Å². The Morgan fingerprint density at radius 2 is 2.10 bits per heavy atom. The number of hydrogen-bond donors (Lipinski definition) is 1. The van der Waals surface area contributed by atoms with Gasteiger partial charge in [-0.15, -0.1) is 0 Å². The van der Waals surface area contributed by atoms with Gasteiger partial charge in [-0.05, 0) is 46.9 Å². The van der Waals surface area contributed by atoms with Gasteiger partial charge in [0.1, 0.15) is 11.3 Å². The summed E-state index contributed by atoms with van der Waals surface area (Å²) in [5, 5.41) is 4.80. The van der Waals surface area contributed by atoms with Gasteiger partial charge in [0.25, 0.3) is 0 Å². The summed E-state index contributed by atoms with van der Waals surface area (Å²) in [6.45, 7) is 3.15. The summed E-state index contributed by atoms with van der Waals surface area (Å²) in [6.07, 6.45) is 8.17. The quantitative estimate of drug-likeness (QED) is 0.735. The molecule has 114 valence electrons. The lowest BCUT2D eigenvalue weighted by Gasteiger charge is -2.26. The van der Waals surface area contributed by atoms with Gasteiger partial charge in [-0.2, -0.15) is 0 Å². The van der Waals surface area contributed by atoms with E-state index in [2.05, 4.69) is 46.4 Å². The molecule has 2 aromatic rings. The van der Waals surface area contributed by atoms with Crippen LogP contribution in [0.5, 0.6) is 0 Å². The van der Waals surface area contributed by atoms with Crippen LogP contribution in [0.25, 0.3) is 11.0 Å². The summed E-state index contributed by atoms with van der Waals surface area (Å²) < 4.78 is 7.19. The first-order valence-electron chi connectivity index (χ1n) is 8.19. The standard InChI is InChI=1S/C18H24BrNO/c1-2-20-16(11-13-7-4-3-5-8-13)17-12-14-9-6-10-15(19)18(14)21-17/h6,9-10,12-13,16,20H,2-5,7-8,11H2,1H3. The maximum absolute atomic E-state index is 6.15. The molecule has 0 saturated heterocycles. The molecule has 1 atom stereocenters. The van der Waals surface area contributed by atoms with Gasteiger partial charge < -0.3 is 9.73 Å². The molecule has 1 aromatic carbocycles. The summed E-state index contributed by atoms with van der Waals surface area (Å²) in [5.74, 6) is 1.93.